The Balaban J connectivity index is -0.000000246. The lowest BCUT2D eigenvalue weighted by Crippen LogP contribution is -2.31. The average Bonchev–Trinajstić information content (AvgIpc) is 3.59. The standard InChI is InChI=1S/C18H32O7S.C16H26O7S.C10H21NO2.C8H15NO2.C6H12O2.C4H6O2/c1-7-17(2,3)16(22)25-11-13(19)10-24-14(20)8-9-26-12-18(4,5)15(21)23-6;1-11(2)14(19)23-9-12(17)8-22-13(18)6-7-24-10-16(3,4)15(20)21-5;1-6-10(2,3)9(12)13-8-7-11(4)5;1-7(2)8(10)11-6-5-9(3)4;1-4-6(2,3)5(7)8;1-3(2)4(5)6/h13,19H,7-12H2,1-6H3;12,17H,1,6-10H2,2-5H3;6-8H2,1-5H3;1,5-6H2,2-4H3;4H2,1-3H3,(H,7,8);1H2,2H3,(H,5,6). The Kier molecular flexibility index (Phi) is 53.4. The summed E-state index contributed by atoms with van der Waals surface area (Å²) in [5, 5.41) is 35.6. The molecule has 88 heavy (non-hydrogen) atoms. The molecule has 2 atom stereocenters. The molecule has 0 aliphatic rings. The minimum Gasteiger partial charge on any atom is -0.481 e. The summed E-state index contributed by atoms with van der Waals surface area (Å²) in [6, 6.07) is 0. The number of aliphatic hydroxyl groups excluding tert-OH is 2. The highest BCUT2D eigenvalue weighted by Gasteiger charge is 2.31. The van der Waals surface area contributed by atoms with Crippen molar-refractivity contribution < 1.29 is 106 Å². The number of carbonyl (C=O) groups is 10. The predicted octanol–water partition coefficient (Wildman–Crippen LogP) is 7.87. The number of hydrogen-bond donors (Lipinski definition) is 4. The van der Waals surface area contributed by atoms with Crippen molar-refractivity contribution in [1.82, 2.24) is 9.80 Å². The van der Waals surface area contributed by atoms with Gasteiger partial charge in [-0.3, -0.25) is 33.6 Å². The molecule has 0 heterocycles. The third-order valence-electron chi connectivity index (χ3n) is 11.9. The molecule has 0 aromatic heterocycles. The third kappa shape index (κ3) is 53.5. The Labute approximate surface area is 533 Å². The van der Waals surface area contributed by atoms with E-state index in [1.807, 2.05) is 72.6 Å². The van der Waals surface area contributed by atoms with E-state index in [4.69, 9.17) is 48.1 Å². The van der Waals surface area contributed by atoms with E-state index in [1.165, 1.54) is 51.6 Å². The summed E-state index contributed by atoms with van der Waals surface area (Å²) in [6.07, 6.45) is 0.305. The summed E-state index contributed by atoms with van der Waals surface area (Å²) in [5.74, 6) is -2.56. The molecular weight excluding hydrogens is 1190 g/mol. The fraction of sp³-hybridized carbons (Fsp3) is 0.742. The Bertz CT molecular complexity index is 2130. The molecule has 0 aromatic rings. The Morgan fingerprint density at radius 2 is 0.739 bits per heavy atom. The van der Waals surface area contributed by atoms with Gasteiger partial charge < -0.3 is 68.1 Å². The normalized spacial score (nSPS) is 11.7. The summed E-state index contributed by atoms with van der Waals surface area (Å²) in [7, 11) is 10.4. The zero-order valence-corrected chi connectivity index (χ0v) is 58.8. The van der Waals surface area contributed by atoms with Crippen LogP contribution in [-0.2, 0) is 85.8 Å². The third-order valence-corrected chi connectivity index (χ3v) is 14.8. The summed E-state index contributed by atoms with van der Waals surface area (Å²) >= 11 is 2.89. The lowest BCUT2D eigenvalue weighted by Gasteiger charge is -2.21. The summed E-state index contributed by atoms with van der Waals surface area (Å²) in [5.41, 5.74) is -1.87. The molecule has 0 rings (SSSR count). The molecule has 24 nitrogen and oxygen atoms in total. The van der Waals surface area contributed by atoms with Gasteiger partial charge in [-0.2, -0.15) is 23.5 Å². The molecule has 0 spiro atoms. The van der Waals surface area contributed by atoms with Gasteiger partial charge in [-0.1, -0.05) is 40.5 Å². The molecule has 0 saturated heterocycles. The van der Waals surface area contributed by atoms with Crippen molar-refractivity contribution in [2.75, 3.05) is 118 Å². The van der Waals surface area contributed by atoms with E-state index in [2.05, 4.69) is 19.7 Å². The SMILES string of the molecule is C=C(C)C(=O)O.C=C(C)C(=O)OCC(O)COC(=O)CCSCC(C)(C)C(=O)OC.C=C(C)C(=O)OCCN(C)C.CCC(C)(C)C(=O)O.CCC(C)(C)C(=O)OCC(O)COC(=O)CCSCC(C)(C)C(=O)OC.CCC(C)(C)C(=O)OCCN(C)C. The lowest BCUT2D eigenvalue weighted by molar-refractivity contribution is -0.160. The zero-order valence-electron chi connectivity index (χ0n) is 57.1. The van der Waals surface area contributed by atoms with Crippen LogP contribution in [0.5, 0.6) is 0 Å². The topological polar surface area (TPSA) is 332 Å². The molecule has 4 N–H and O–H groups in total. The van der Waals surface area contributed by atoms with Crippen LogP contribution in [-0.4, -0.2) is 220 Å². The van der Waals surface area contributed by atoms with Crippen molar-refractivity contribution in [2.24, 2.45) is 27.1 Å². The molecule has 2 unspecified atom stereocenters. The van der Waals surface area contributed by atoms with Crippen LogP contribution >= 0.6 is 23.5 Å². The van der Waals surface area contributed by atoms with Crippen molar-refractivity contribution in [2.45, 2.75) is 155 Å². The van der Waals surface area contributed by atoms with Crippen LogP contribution in [0.3, 0.4) is 0 Å². The second-order valence-electron chi connectivity index (χ2n) is 23.8. The van der Waals surface area contributed by atoms with Crippen molar-refractivity contribution in [1.29, 1.82) is 0 Å². The van der Waals surface area contributed by atoms with Crippen LogP contribution in [0.15, 0.2) is 36.5 Å². The first-order valence-corrected chi connectivity index (χ1v) is 30.9. The predicted molar refractivity (Wildman–Crippen MR) is 342 cm³/mol. The number of thioether (sulfide) groups is 2. The van der Waals surface area contributed by atoms with Gasteiger partial charge in [0.05, 0.1) is 54.1 Å². The average molecular weight is 1300 g/mol. The maximum atomic E-state index is 11.8. The number of carboxylic acid groups (broad SMARTS) is 2. The van der Waals surface area contributed by atoms with Crippen molar-refractivity contribution in [3.8, 4) is 0 Å². The zero-order chi connectivity index (χ0) is 70.4. The number of nitrogens with zero attached hydrogens (tertiary/aromatic N) is 2. The van der Waals surface area contributed by atoms with Crippen molar-refractivity contribution in [3.63, 3.8) is 0 Å². The highest BCUT2D eigenvalue weighted by molar-refractivity contribution is 7.99. The van der Waals surface area contributed by atoms with Crippen LogP contribution in [0.4, 0.5) is 0 Å². The van der Waals surface area contributed by atoms with Crippen LogP contribution < -0.4 is 0 Å². The quantitative estimate of drug-likeness (QED) is 0.0203. The van der Waals surface area contributed by atoms with E-state index in [9.17, 15) is 58.2 Å². The van der Waals surface area contributed by atoms with Gasteiger partial charge in [0, 0.05) is 52.8 Å². The molecule has 514 valence electrons. The molecule has 26 heteroatoms. The molecule has 0 bridgehead atoms. The molecule has 0 amide bonds. The molecule has 0 aromatic carbocycles. The first-order valence-electron chi connectivity index (χ1n) is 28.6. The van der Waals surface area contributed by atoms with Gasteiger partial charge in [0.15, 0.2) is 0 Å². The maximum absolute atomic E-state index is 11.8. The van der Waals surface area contributed by atoms with E-state index in [-0.39, 0.29) is 79.7 Å². The second-order valence-corrected chi connectivity index (χ2v) is 26.0. The smallest absolute Gasteiger partial charge is 0.333 e. The number of carboxylic acids is 2. The molecule has 0 radical (unpaired) electrons. The second kappa shape index (κ2) is 50.2. The molecular formula is C62H112N2O22S2. The number of esters is 8. The fourth-order valence-corrected chi connectivity index (χ4v) is 6.48. The summed E-state index contributed by atoms with van der Waals surface area (Å²) in [4.78, 5) is 115. The highest BCUT2D eigenvalue weighted by Crippen LogP contribution is 2.26. The first-order chi connectivity index (χ1) is 40.1. The molecule has 0 saturated carbocycles. The van der Waals surface area contributed by atoms with Gasteiger partial charge >= 0.3 is 59.7 Å². The van der Waals surface area contributed by atoms with E-state index >= 15 is 0 Å². The summed E-state index contributed by atoms with van der Waals surface area (Å²) in [6.45, 7) is 39.7. The molecule has 0 fully saturated rings. The van der Waals surface area contributed by atoms with Gasteiger partial charge in [0.2, 0.25) is 0 Å². The van der Waals surface area contributed by atoms with Crippen molar-refractivity contribution in [3.05, 3.63) is 36.5 Å². The first kappa shape index (κ1) is 93.6. The van der Waals surface area contributed by atoms with E-state index < -0.39 is 69.7 Å². The molecule has 0 aliphatic carbocycles. The largest absolute Gasteiger partial charge is 0.481 e. The maximum Gasteiger partial charge on any atom is 0.333 e. The van der Waals surface area contributed by atoms with E-state index in [0.717, 1.165) is 19.5 Å². The van der Waals surface area contributed by atoms with Gasteiger partial charge in [0.25, 0.3) is 0 Å². The minimum atomic E-state index is -1.08. The fourth-order valence-electron chi connectivity index (χ4n) is 4.32. The van der Waals surface area contributed by atoms with Gasteiger partial charge in [-0.15, -0.1) is 0 Å². The van der Waals surface area contributed by atoms with Gasteiger partial charge in [-0.05, 0) is 137 Å². The number of ether oxygens (including phenoxy) is 8. The van der Waals surface area contributed by atoms with Crippen LogP contribution in [0.2, 0.25) is 0 Å². The Morgan fingerprint density at radius 3 is 1.01 bits per heavy atom. The number of carbonyl (C=O) groups excluding carboxylic acids is 8. The number of aliphatic hydroxyl groups is 2. The molecule has 0 aliphatic heterocycles. The lowest BCUT2D eigenvalue weighted by atomic mass is 9.91. The van der Waals surface area contributed by atoms with Crippen molar-refractivity contribution >= 4 is 83.2 Å². The highest BCUT2D eigenvalue weighted by atomic mass is 32.2. The minimum absolute atomic E-state index is 0.100. The number of hydrogen-bond acceptors (Lipinski definition) is 24. The van der Waals surface area contributed by atoms with Gasteiger partial charge in [0.1, 0.15) is 51.8 Å². The number of aliphatic carboxylic acids is 2. The summed E-state index contributed by atoms with van der Waals surface area (Å²) < 4.78 is 39.0. The monoisotopic (exact) mass is 1300 g/mol. The van der Waals surface area contributed by atoms with E-state index in [1.54, 1.807) is 62.3 Å². The van der Waals surface area contributed by atoms with Gasteiger partial charge in [-0.25, -0.2) is 14.4 Å². The van der Waals surface area contributed by atoms with Crippen LogP contribution in [0.1, 0.15) is 143 Å². The Morgan fingerprint density at radius 1 is 0.443 bits per heavy atom. The number of likely N-dealkylation sites (N-methyl/N-ethyl adjacent to an activating group) is 2. The number of methoxy groups -OCH3 is 2. The van der Waals surface area contributed by atoms with Crippen LogP contribution in [0.25, 0.3) is 0 Å². The number of rotatable bonds is 35. The van der Waals surface area contributed by atoms with E-state index in [0.29, 0.717) is 54.6 Å². The van der Waals surface area contributed by atoms with Crippen LogP contribution in [0, 0.1) is 27.1 Å². The Hall–Kier alpha value is -5.54.